The van der Waals surface area contributed by atoms with Gasteiger partial charge in [0.1, 0.15) is 6.20 Å². The molecular weight excluding hydrogens is 316 g/mol. The molecule has 0 aromatic carbocycles. The molecule has 1 aromatic rings. The Morgan fingerprint density at radius 3 is 3.00 bits per heavy atom. The number of hydrogen-bond acceptors (Lipinski definition) is 8. The van der Waals surface area contributed by atoms with Crippen LogP contribution in [0.3, 0.4) is 0 Å². The largest absolute Gasteiger partial charge is 0.467 e. The Balaban J connectivity index is 2.59. The van der Waals surface area contributed by atoms with Crippen LogP contribution in [0, 0.1) is 10.1 Å². The fraction of sp³-hybridized carbons (Fsp3) is 0.583. The number of anilines is 1. The highest BCUT2D eigenvalue weighted by Gasteiger charge is 2.49. The van der Waals surface area contributed by atoms with E-state index in [1.807, 2.05) is 0 Å². The van der Waals surface area contributed by atoms with Crippen molar-refractivity contribution in [2.75, 3.05) is 31.8 Å². The third-order valence-electron chi connectivity index (χ3n) is 3.64. The first-order valence-electron chi connectivity index (χ1n) is 6.57. The van der Waals surface area contributed by atoms with E-state index in [2.05, 4.69) is 9.97 Å². The number of esters is 1. The lowest BCUT2D eigenvalue weighted by Crippen LogP contribution is -2.62. The van der Waals surface area contributed by atoms with Crippen LogP contribution >= 0.6 is 11.6 Å². The van der Waals surface area contributed by atoms with E-state index in [1.54, 1.807) is 6.92 Å². The lowest BCUT2D eigenvalue weighted by molar-refractivity contribution is -0.384. The second-order valence-corrected chi connectivity index (χ2v) is 5.02. The summed E-state index contributed by atoms with van der Waals surface area (Å²) >= 11 is 5.77. The Bertz CT molecular complexity index is 599. The van der Waals surface area contributed by atoms with Crippen molar-refractivity contribution in [1.29, 1.82) is 0 Å². The zero-order valence-corrected chi connectivity index (χ0v) is 12.9. The Morgan fingerprint density at radius 1 is 1.68 bits per heavy atom. The van der Waals surface area contributed by atoms with Crippen LogP contribution in [0.1, 0.15) is 13.3 Å². The van der Waals surface area contributed by atoms with Crippen molar-refractivity contribution < 1.29 is 19.2 Å². The van der Waals surface area contributed by atoms with Gasteiger partial charge in [0.05, 0.1) is 25.2 Å². The summed E-state index contributed by atoms with van der Waals surface area (Å²) in [6.07, 6.45) is 1.36. The van der Waals surface area contributed by atoms with Crippen LogP contribution in [0.25, 0.3) is 0 Å². The third kappa shape index (κ3) is 2.69. The average Bonchev–Trinajstić information content (AvgIpc) is 2.53. The van der Waals surface area contributed by atoms with E-state index < -0.39 is 16.4 Å². The molecule has 1 atom stereocenters. The molecular formula is C12H15ClN4O5. The van der Waals surface area contributed by atoms with Crippen LogP contribution < -0.4 is 4.90 Å². The van der Waals surface area contributed by atoms with E-state index in [0.29, 0.717) is 13.0 Å². The molecule has 10 heteroatoms. The highest BCUT2D eigenvalue weighted by atomic mass is 35.5. The first kappa shape index (κ1) is 16.4. The van der Waals surface area contributed by atoms with Crippen molar-refractivity contribution >= 4 is 29.1 Å². The molecule has 0 radical (unpaired) electrons. The van der Waals surface area contributed by atoms with Gasteiger partial charge in [0.15, 0.2) is 5.54 Å². The van der Waals surface area contributed by atoms with Crippen LogP contribution in [-0.4, -0.2) is 53.3 Å². The van der Waals surface area contributed by atoms with Crippen LogP contribution in [0.5, 0.6) is 0 Å². The minimum absolute atomic E-state index is 0.0134. The van der Waals surface area contributed by atoms with Gasteiger partial charge in [-0.15, -0.1) is 0 Å². The molecule has 2 heterocycles. The standard InChI is InChI=1S/C12H15ClN4O5/c1-3-12(10(18)21-2)7-22-5-4-16(12)9-8(17(19)20)6-14-11(13)15-9/h6H,3-5,7H2,1-2H3. The predicted molar refractivity (Wildman–Crippen MR) is 76.9 cm³/mol. The molecule has 1 aliphatic heterocycles. The number of nitro groups is 1. The molecule has 0 bridgehead atoms. The van der Waals surface area contributed by atoms with Gasteiger partial charge in [-0.05, 0) is 18.0 Å². The summed E-state index contributed by atoms with van der Waals surface area (Å²) in [6, 6.07) is 0. The van der Waals surface area contributed by atoms with E-state index in [0.717, 1.165) is 6.20 Å². The van der Waals surface area contributed by atoms with E-state index in [-0.39, 0.29) is 29.9 Å². The molecule has 120 valence electrons. The molecule has 0 spiro atoms. The molecule has 2 rings (SSSR count). The molecule has 1 aromatic heterocycles. The van der Waals surface area contributed by atoms with Gasteiger partial charge in [0, 0.05) is 6.54 Å². The van der Waals surface area contributed by atoms with Crippen LogP contribution in [-0.2, 0) is 14.3 Å². The van der Waals surface area contributed by atoms with Gasteiger partial charge >= 0.3 is 11.7 Å². The van der Waals surface area contributed by atoms with Gasteiger partial charge in [0.2, 0.25) is 11.1 Å². The normalized spacial score (nSPS) is 21.5. The quantitative estimate of drug-likeness (QED) is 0.350. The summed E-state index contributed by atoms with van der Waals surface area (Å²) in [4.78, 5) is 32.0. The molecule has 9 nitrogen and oxygen atoms in total. The van der Waals surface area contributed by atoms with Gasteiger partial charge in [-0.3, -0.25) is 10.1 Å². The van der Waals surface area contributed by atoms with Crippen molar-refractivity contribution in [2.24, 2.45) is 0 Å². The lowest BCUT2D eigenvalue weighted by Gasteiger charge is -2.44. The van der Waals surface area contributed by atoms with Gasteiger partial charge in [-0.1, -0.05) is 6.92 Å². The summed E-state index contributed by atoms with van der Waals surface area (Å²) in [7, 11) is 1.26. The third-order valence-corrected chi connectivity index (χ3v) is 3.82. The highest BCUT2D eigenvalue weighted by Crippen LogP contribution is 2.35. The molecule has 0 amide bonds. The second-order valence-electron chi connectivity index (χ2n) is 4.69. The monoisotopic (exact) mass is 330 g/mol. The molecule has 0 N–H and O–H groups in total. The lowest BCUT2D eigenvalue weighted by atomic mass is 9.93. The number of morpholine rings is 1. The first-order chi connectivity index (χ1) is 10.5. The molecule has 1 unspecified atom stereocenters. The predicted octanol–water partition coefficient (Wildman–Crippen LogP) is 1.20. The molecule has 1 saturated heterocycles. The molecule has 22 heavy (non-hydrogen) atoms. The van der Waals surface area contributed by atoms with Crippen molar-refractivity contribution in [3.8, 4) is 0 Å². The SMILES string of the molecule is CCC1(C(=O)OC)COCCN1c1nc(Cl)ncc1[N+](=O)[O-]. The topological polar surface area (TPSA) is 108 Å². The van der Waals surface area contributed by atoms with Crippen LogP contribution in [0.15, 0.2) is 6.20 Å². The van der Waals surface area contributed by atoms with Gasteiger partial charge in [-0.25, -0.2) is 9.78 Å². The van der Waals surface area contributed by atoms with E-state index >= 15 is 0 Å². The van der Waals surface area contributed by atoms with Gasteiger partial charge in [-0.2, -0.15) is 4.98 Å². The van der Waals surface area contributed by atoms with E-state index in [1.165, 1.54) is 12.0 Å². The average molecular weight is 331 g/mol. The minimum atomic E-state index is -1.19. The highest BCUT2D eigenvalue weighted by molar-refractivity contribution is 6.28. The second kappa shape index (κ2) is 6.41. The number of methoxy groups -OCH3 is 1. The Kier molecular flexibility index (Phi) is 4.77. The van der Waals surface area contributed by atoms with Gasteiger partial charge in [0.25, 0.3) is 0 Å². The van der Waals surface area contributed by atoms with Crippen molar-refractivity contribution in [3.05, 3.63) is 21.6 Å². The number of ether oxygens (including phenoxy) is 2. The number of hydrogen-bond donors (Lipinski definition) is 0. The van der Waals surface area contributed by atoms with Crippen molar-refractivity contribution in [2.45, 2.75) is 18.9 Å². The summed E-state index contributed by atoms with van der Waals surface area (Å²) in [5, 5.41) is 11.1. The maximum absolute atomic E-state index is 12.3. The van der Waals surface area contributed by atoms with E-state index in [9.17, 15) is 14.9 Å². The number of rotatable bonds is 4. The maximum Gasteiger partial charge on any atom is 0.334 e. The fourth-order valence-corrected chi connectivity index (χ4v) is 2.60. The van der Waals surface area contributed by atoms with Gasteiger partial charge < -0.3 is 14.4 Å². The molecule has 0 aliphatic carbocycles. The summed E-state index contributed by atoms with van der Waals surface area (Å²) < 4.78 is 10.3. The fourth-order valence-electron chi connectivity index (χ4n) is 2.47. The number of carbonyl (C=O) groups is 1. The molecule has 0 saturated carbocycles. The van der Waals surface area contributed by atoms with Crippen molar-refractivity contribution in [3.63, 3.8) is 0 Å². The maximum atomic E-state index is 12.3. The molecule has 1 aliphatic rings. The zero-order valence-electron chi connectivity index (χ0n) is 12.1. The Hall–Kier alpha value is -2.00. The first-order valence-corrected chi connectivity index (χ1v) is 6.94. The van der Waals surface area contributed by atoms with Crippen molar-refractivity contribution in [1.82, 2.24) is 9.97 Å². The Morgan fingerprint density at radius 2 is 2.41 bits per heavy atom. The number of aromatic nitrogens is 2. The van der Waals surface area contributed by atoms with E-state index in [4.69, 9.17) is 21.1 Å². The smallest absolute Gasteiger partial charge is 0.334 e. The summed E-state index contributed by atoms with van der Waals surface area (Å²) in [6.45, 7) is 2.37. The van der Waals surface area contributed by atoms with Crippen LogP contribution in [0.2, 0.25) is 5.28 Å². The minimum Gasteiger partial charge on any atom is -0.467 e. The number of halogens is 1. The van der Waals surface area contributed by atoms with Crippen LogP contribution in [0.4, 0.5) is 11.5 Å². The Labute approximate surface area is 131 Å². The summed E-state index contributed by atoms with van der Waals surface area (Å²) in [5.74, 6) is -0.556. The number of carbonyl (C=O) groups excluding carboxylic acids is 1. The number of nitrogens with zero attached hydrogens (tertiary/aromatic N) is 4. The zero-order chi connectivity index (χ0) is 16.3. The molecule has 1 fully saturated rings. The summed E-state index contributed by atoms with van der Waals surface area (Å²) in [5.41, 5.74) is -1.51.